The highest BCUT2D eigenvalue weighted by molar-refractivity contribution is 7.92. The van der Waals surface area contributed by atoms with Gasteiger partial charge in [0.2, 0.25) is 0 Å². The Kier molecular flexibility index (Phi) is 4.67. The van der Waals surface area contributed by atoms with Crippen LogP contribution >= 0.6 is 0 Å². The van der Waals surface area contributed by atoms with Crippen molar-refractivity contribution < 1.29 is 13.2 Å². The van der Waals surface area contributed by atoms with E-state index >= 15 is 0 Å². The summed E-state index contributed by atoms with van der Waals surface area (Å²) in [6.45, 7) is 0. The van der Waals surface area contributed by atoms with Crippen LogP contribution in [0.15, 0.2) is 53.4 Å². The molecule has 0 saturated carbocycles. The highest BCUT2D eigenvalue weighted by Gasteiger charge is 2.19. The van der Waals surface area contributed by atoms with Crippen LogP contribution in [0.2, 0.25) is 0 Å². The van der Waals surface area contributed by atoms with Crippen molar-refractivity contribution in [2.45, 2.75) is 4.90 Å². The predicted octanol–water partition coefficient (Wildman–Crippen LogP) is 2.06. The Morgan fingerprint density at radius 1 is 1.13 bits per heavy atom. The standard InChI is InChI=1S/C16H15N3O3S/c1-19(2)16(20)12-7-5-8-14(10-12)18-23(21,22)15-9-4-3-6-13(15)11-17/h3-10,18H,1-2H3. The monoisotopic (exact) mass is 329 g/mol. The molecule has 0 bridgehead atoms. The van der Waals surface area contributed by atoms with E-state index in [4.69, 9.17) is 5.26 Å². The second-order valence-electron chi connectivity index (χ2n) is 4.99. The summed E-state index contributed by atoms with van der Waals surface area (Å²) in [4.78, 5) is 13.2. The Labute approximate surface area is 135 Å². The average Bonchev–Trinajstić information content (AvgIpc) is 2.53. The van der Waals surface area contributed by atoms with E-state index in [9.17, 15) is 13.2 Å². The van der Waals surface area contributed by atoms with Gasteiger partial charge in [0.25, 0.3) is 15.9 Å². The van der Waals surface area contributed by atoms with Crippen molar-refractivity contribution in [2.75, 3.05) is 18.8 Å². The SMILES string of the molecule is CN(C)C(=O)c1cccc(NS(=O)(=O)c2ccccc2C#N)c1. The van der Waals surface area contributed by atoms with Crippen LogP contribution in [0, 0.1) is 11.3 Å². The van der Waals surface area contributed by atoms with Crippen molar-refractivity contribution in [2.24, 2.45) is 0 Å². The van der Waals surface area contributed by atoms with Crippen molar-refractivity contribution in [3.05, 3.63) is 59.7 Å². The first kappa shape index (κ1) is 16.5. The molecule has 0 radical (unpaired) electrons. The summed E-state index contributed by atoms with van der Waals surface area (Å²) in [5.41, 5.74) is 0.676. The van der Waals surface area contributed by atoms with E-state index in [1.54, 1.807) is 44.4 Å². The molecule has 0 spiro atoms. The van der Waals surface area contributed by atoms with Gasteiger partial charge in [-0.15, -0.1) is 0 Å². The summed E-state index contributed by atoms with van der Waals surface area (Å²) in [5, 5.41) is 9.03. The number of nitrogens with zero attached hydrogens (tertiary/aromatic N) is 2. The predicted molar refractivity (Wildman–Crippen MR) is 86.4 cm³/mol. The molecule has 0 fully saturated rings. The number of benzene rings is 2. The van der Waals surface area contributed by atoms with Crippen molar-refractivity contribution in [3.8, 4) is 6.07 Å². The number of rotatable bonds is 4. The topological polar surface area (TPSA) is 90.3 Å². The van der Waals surface area contributed by atoms with Gasteiger partial charge >= 0.3 is 0 Å². The number of anilines is 1. The first-order chi connectivity index (χ1) is 10.8. The lowest BCUT2D eigenvalue weighted by molar-refractivity contribution is 0.0827. The molecule has 2 rings (SSSR count). The first-order valence-corrected chi connectivity index (χ1v) is 8.17. The maximum Gasteiger partial charge on any atom is 0.263 e. The zero-order valence-corrected chi connectivity index (χ0v) is 13.5. The molecule has 2 aromatic rings. The van der Waals surface area contributed by atoms with Crippen LogP contribution in [0.1, 0.15) is 15.9 Å². The van der Waals surface area contributed by atoms with Gasteiger partial charge in [-0.2, -0.15) is 5.26 Å². The number of sulfonamides is 1. The summed E-state index contributed by atoms with van der Waals surface area (Å²) >= 11 is 0. The molecule has 23 heavy (non-hydrogen) atoms. The number of hydrogen-bond donors (Lipinski definition) is 1. The van der Waals surface area contributed by atoms with Gasteiger partial charge in [0.05, 0.1) is 5.56 Å². The summed E-state index contributed by atoms with van der Waals surface area (Å²) in [5.74, 6) is -0.233. The van der Waals surface area contributed by atoms with Gasteiger partial charge in [0.1, 0.15) is 11.0 Å². The van der Waals surface area contributed by atoms with E-state index in [0.29, 0.717) is 5.56 Å². The maximum absolute atomic E-state index is 12.4. The van der Waals surface area contributed by atoms with Gasteiger partial charge in [-0.3, -0.25) is 9.52 Å². The number of hydrogen-bond acceptors (Lipinski definition) is 4. The van der Waals surface area contributed by atoms with Crippen LogP contribution in [0.4, 0.5) is 5.69 Å². The van der Waals surface area contributed by atoms with E-state index < -0.39 is 10.0 Å². The lowest BCUT2D eigenvalue weighted by Gasteiger charge is -2.13. The number of carbonyl (C=O) groups excluding carboxylic acids is 1. The minimum atomic E-state index is -3.92. The Bertz CT molecular complexity index is 883. The highest BCUT2D eigenvalue weighted by Crippen LogP contribution is 2.20. The van der Waals surface area contributed by atoms with Gasteiger partial charge in [-0.1, -0.05) is 18.2 Å². The number of nitrogens with one attached hydrogen (secondary N) is 1. The zero-order chi connectivity index (χ0) is 17.0. The molecule has 2 aromatic carbocycles. The molecule has 0 aliphatic rings. The van der Waals surface area contributed by atoms with Gasteiger partial charge in [-0.25, -0.2) is 8.42 Å². The Balaban J connectivity index is 2.37. The molecule has 0 aliphatic carbocycles. The summed E-state index contributed by atoms with van der Waals surface area (Å²) in [7, 11) is -0.689. The fourth-order valence-electron chi connectivity index (χ4n) is 1.98. The lowest BCUT2D eigenvalue weighted by atomic mass is 10.2. The Hall–Kier alpha value is -2.85. The third-order valence-corrected chi connectivity index (χ3v) is 4.50. The van der Waals surface area contributed by atoms with Crippen molar-refractivity contribution in [3.63, 3.8) is 0 Å². The average molecular weight is 329 g/mol. The quantitative estimate of drug-likeness (QED) is 0.929. The van der Waals surface area contributed by atoms with E-state index in [2.05, 4.69) is 4.72 Å². The van der Waals surface area contributed by atoms with E-state index in [1.165, 1.54) is 23.1 Å². The van der Waals surface area contributed by atoms with Crippen molar-refractivity contribution in [1.29, 1.82) is 5.26 Å². The molecule has 0 aliphatic heterocycles. The molecule has 6 nitrogen and oxygen atoms in total. The smallest absolute Gasteiger partial charge is 0.263 e. The van der Waals surface area contributed by atoms with Gasteiger partial charge in [0.15, 0.2) is 0 Å². The van der Waals surface area contributed by atoms with Crippen molar-refractivity contribution in [1.82, 2.24) is 4.90 Å². The zero-order valence-electron chi connectivity index (χ0n) is 12.6. The molecule has 7 heteroatoms. The molecule has 0 saturated heterocycles. The fourth-order valence-corrected chi connectivity index (χ4v) is 3.19. The third kappa shape index (κ3) is 3.67. The lowest BCUT2D eigenvalue weighted by Crippen LogP contribution is -2.22. The van der Waals surface area contributed by atoms with E-state index in [0.717, 1.165) is 0 Å². The maximum atomic E-state index is 12.4. The summed E-state index contributed by atoms with van der Waals surface area (Å²) < 4.78 is 27.3. The molecule has 0 atom stereocenters. The second kappa shape index (κ2) is 6.50. The highest BCUT2D eigenvalue weighted by atomic mass is 32.2. The molecule has 118 valence electrons. The van der Waals surface area contributed by atoms with E-state index in [1.807, 2.05) is 6.07 Å². The summed E-state index contributed by atoms with van der Waals surface area (Å²) in [6, 6.07) is 14.0. The largest absolute Gasteiger partial charge is 0.345 e. The molecule has 0 unspecified atom stereocenters. The van der Waals surface area contributed by atoms with Crippen LogP contribution in [0.5, 0.6) is 0 Å². The number of carbonyl (C=O) groups is 1. The van der Waals surface area contributed by atoms with Gasteiger partial charge in [0, 0.05) is 25.3 Å². The molecule has 0 heterocycles. The van der Waals surface area contributed by atoms with E-state index in [-0.39, 0.29) is 22.1 Å². The number of amides is 1. The van der Waals surface area contributed by atoms with Crippen molar-refractivity contribution >= 4 is 21.6 Å². The van der Waals surface area contributed by atoms with Crippen LogP contribution in [0.3, 0.4) is 0 Å². The molecule has 1 N–H and O–H groups in total. The van der Waals surface area contributed by atoms with Crippen LogP contribution in [-0.4, -0.2) is 33.3 Å². The molecule has 1 amide bonds. The van der Waals surface area contributed by atoms with Gasteiger partial charge < -0.3 is 4.90 Å². The van der Waals surface area contributed by atoms with Gasteiger partial charge in [-0.05, 0) is 30.3 Å². The molecule has 0 aromatic heterocycles. The fraction of sp³-hybridized carbons (Fsp3) is 0.125. The Morgan fingerprint density at radius 2 is 1.83 bits per heavy atom. The Morgan fingerprint density at radius 3 is 2.48 bits per heavy atom. The summed E-state index contributed by atoms with van der Waals surface area (Å²) in [6.07, 6.45) is 0. The number of nitriles is 1. The molecular weight excluding hydrogens is 314 g/mol. The minimum absolute atomic E-state index is 0.0560. The first-order valence-electron chi connectivity index (χ1n) is 6.69. The van der Waals surface area contributed by atoms with Crippen LogP contribution in [-0.2, 0) is 10.0 Å². The normalized spacial score (nSPS) is 10.7. The molecular formula is C16H15N3O3S. The minimum Gasteiger partial charge on any atom is -0.345 e. The second-order valence-corrected chi connectivity index (χ2v) is 6.64. The third-order valence-electron chi connectivity index (χ3n) is 3.06. The van der Waals surface area contributed by atoms with Crippen LogP contribution < -0.4 is 4.72 Å². The van der Waals surface area contributed by atoms with Crippen LogP contribution in [0.25, 0.3) is 0 Å².